The van der Waals surface area contributed by atoms with E-state index >= 15 is 0 Å². The minimum Gasteiger partial charge on any atom is -0.392 e. The number of halogens is 2. The molecular formula is C45H44Cl2N4O6S. The molecule has 300 valence electrons. The summed E-state index contributed by atoms with van der Waals surface area (Å²) in [7, 11) is -3.98. The summed E-state index contributed by atoms with van der Waals surface area (Å²) in [5.74, 6) is -0.532. The molecule has 0 unspecified atom stereocenters. The number of ether oxygens (including phenoxy) is 2. The number of carbonyl (C=O) groups excluding carboxylic acids is 1. The Bertz CT molecular complexity index is 2450. The van der Waals surface area contributed by atoms with Crippen molar-refractivity contribution >= 4 is 39.1 Å². The maximum Gasteiger partial charge on any atom is 0.241 e. The fraction of sp³-hybridized carbons (Fsp3) is 0.244. The van der Waals surface area contributed by atoms with Gasteiger partial charge >= 0.3 is 0 Å². The maximum atomic E-state index is 13.7. The summed E-state index contributed by atoms with van der Waals surface area (Å²) in [6.07, 6.45) is 0.380. The van der Waals surface area contributed by atoms with E-state index in [0.29, 0.717) is 11.7 Å². The molecule has 0 aliphatic carbocycles. The molecule has 1 saturated heterocycles. The Balaban J connectivity index is 1.09. The Kier molecular flexibility index (Phi) is 13.1. The van der Waals surface area contributed by atoms with E-state index < -0.39 is 28.3 Å². The third-order valence-corrected chi connectivity index (χ3v) is 12.6. The zero-order valence-electron chi connectivity index (χ0n) is 32.0. The van der Waals surface area contributed by atoms with Crippen molar-refractivity contribution in [2.45, 2.75) is 69.4 Å². The zero-order chi connectivity index (χ0) is 40.8. The van der Waals surface area contributed by atoms with E-state index in [4.69, 9.17) is 32.7 Å². The van der Waals surface area contributed by atoms with Crippen molar-refractivity contribution in [1.82, 2.24) is 19.6 Å². The highest BCUT2D eigenvalue weighted by molar-refractivity contribution is 7.89. The standard InChI is InChI=1S/C45H44Cl2N4O6S/c1-29-14-20-38(21-15-29)58(54,55)50-39(23-31-8-4-3-5-9-31)44(53)48-25-33-10-6-11-35(22-33)36-12-7-13-37(24-36)45-56-40(26-51-28-49-42(46)43(51)47)30(2)41(57-45)34-18-16-32(27-52)17-19-34/h3-22,24,28,30,39-41,45,50,52H,23,25-27H2,1-2H3,(H,48,53)/t30-,39+,40+,41+,45+/m0/s1. The number of imidazole rings is 1. The molecule has 0 saturated carbocycles. The summed E-state index contributed by atoms with van der Waals surface area (Å²) in [4.78, 5) is 17.9. The quantitative estimate of drug-likeness (QED) is 0.101. The molecule has 1 amide bonds. The van der Waals surface area contributed by atoms with E-state index in [1.54, 1.807) is 23.0 Å². The number of benzene rings is 5. The highest BCUT2D eigenvalue weighted by Crippen LogP contribution is 2.43. The summed E-state index contributed by atoms with van der Waals surface area (Å²) in [5, 5.41) is 13.1. The van der Waals surface area contributed by atoms with Crippen LogP contribution in [0.25, 0.3) is 11.1 Å². The number of amides is 1. The summed E-state index contributed by atoms with van der Waals surface area (Å²) < 4.78 is 44.5. The summed E-state index contributed by atoms with van der Waals surface area (Å²) >= 11 is 12.6. The first-order valence-corrected chi connectivity index (χ1v) is 21.2. The van der Waals surface area contributed by atoms with Crippen molar-refractivity contribution in [1.29, 1.82) is 0 Å². The van der Waals surface area contributed by atoms with E-state index in [1.165, 1.54) is 12.1 Å². The van der Waals surface area contributed by atoms with Crippen LogP contribution in [0, 0.1) is 12.8 Å². The Morgan fingerprint density at radius 3 is 2.21 bits per heavy atom. The number of aliphatic hydroxyl groups excluding tert-OH is 1. The second-order valence-corrected chi connectivity index (χ2v) is 17.0. The van der Waals surface area contributed by atoms with Crippen molar-refractivity contribution in [3.05, 3.63) is 177 Å². The number of aromatic nitrogens is 2. The molecule has 1 fully saturated rings. The molecule has 1 aliphatic rings. The van der Waals surface area contributed by atoms with Gasteiger partial charge in [0.15, 0.2) is 11.4 Å². The van der Waals surface area contributed by atoms with Gasteiger partial charge in [-0.3, -0.25) is 4.79 Å². The number of nitrogens with one attached hydrogen (secondary N) is 2. The Morgan fingerprint density at radius 2 is 1.52 bits per heavy atom. The van der Waals surface area contributed by atoms with Crippen LogP contribution in [-0.2, 0) is 50.4 Å². The summed E-state index contributed by atoms with van der Waals surface area (Å²) in [6, 6.07) is 38.2. The van der Waals surface area contributed by atoms with Crippen LogP contribution >= 0.6 is 23.2 Å². The normalized spacial score (nSPS) is 18.8. The topological polar surface area (TPSA) is 132 Å². The second-order valence-electron chi connectivity index (χ2n) is 14.5. The Hall–Kier alpha value is -4.85. The van der Waals surface area contributed by atoms with Crippen LogP contribution in [-0.4, -0.2) is 41.1 Å². The van der Waals surface area contributed by atoms with Gasteiger partial charge in [-0.1, -0.05) is 139 Å². The van der Waals surface area contributed by atoms with Gasteiger partial charge in [0, 0.05) is 18.0 Å². The first-order chi connectivity index (χ1) is 28.0. The molecule has 3 N–H and O–H groups in total. The fourth-order valence-electron chi connectivity index (χ4n) is 7.04. The number of hydrogen-bond acceptors (Lipinski definition) is 7. The predicted octanol–water partition coefficient (Wildman–Crippen LogP) is 8.36. The highest BCUT2D eigenvalue weighted by Gasteiger charge is 2.39. The average molecular weight is 840 g/mol. The molecule has 10 nitrogen and oxygen atoms in total. The summed E-state index contributed by atoms with van der Waals surface area (Å²) in [5.41, 5.74) is 6.98. The van der Waals surface area contributed by atoms with Gasteiger partial charge in [-0.05, 0) is 71.0 Å². The maximum absolute atomic E-state index is 13.7. The molecule has 58 heavy (non-hydrogen) atoms. The van der Waals surface area contributed by atoms with Crippen molar-refractivity contribution in [2.75, 3.05) is 0 Å². The number of carbonyl (C=O) groups is 1. The lowest BCUT2D eigenvalue weighted by Crippen LogP contribution is -2.47. The lowest BCUT2D eigenvalue weighted by atomic mass is 9.90. The van der Waals surface area contributed by atoms with Crippen molar-refractivity contribution in [3.63, 3.8) is 0 Å². The highest BCUT2D eigenvalue weighted by atomic mass is 35.5. The van der Waals surface area contributed by atoms with Crippen LogP contribution in [0.5, 0.6) is 0 Å². The molecule has 1 aromatic heterocycles. The fourth-order valence-corrected chi connectivity index (χ4v) is 8.55. The molecule has 2 heterocycles. The number of aryl methyl sites for hydroxylation is 1. The SMILES string of the molecule is Cc1ccc(S(=O)(=O)N[C@H](Cc2ccccc2)C(=O)NCc2cccc(-c3cccc([C@@H]4O[C@H](Cn5cnc(Cl)c5Cl)[C@H](C)[C@H](c5ccc(CO)cc5)O4)c3)c2)cc1. The van der Waals surface area contributed by atoms with E-state index in [9.17, 15) is 18.3 Å². The van der Waals surface area contributed by atoms with Gasteiger partial charge < -0.3 is 24.5 Å². The lowest BCUT2D eigenvalue weighted by molar-refractivity contribution is -0.276. The van der Waals surface area contributed by atoms with Gasteiger partial charge in [-0.2, -0.15) is 4.72 Å². The molecule has 5 aromatic carbocycles. The minimum absolute atomic E-state index is 0.0547. The Labute approximate surface area is 348 Å². The van der Waals surface area contributed by atoms with Crippen LogP contribution in [0.2, 0.25) is 10.3 Å². The van der Waals surface area contributed by atoms with Gasteiger partial charge in [0.1, 0.15) is 11.2 Å². The molecule has 13 heteroatoms. The number of hydrogen-bond donors (Lipinski definition) is 3. The van der Waals surface area contributed by atoms with Crippen LogP contribution in [0.1, 0.15) is 52.7 Å². The number of aliphatic hydroxyl groups is 1. The zero-order valence-corrected chi connectivity index (χ0v) is 34.3. The van der Waals surface area contributed by atoms with Gasteiger partial charge in [0.2, 0.25) is 15.9 Å². The van der Waals surface area contributed by atoms with E-state index in [0.717, 1.165) is 44.5 Å². The van der Waals surface area contributed by atoms with Crippen molar-refractivity contribution in [2.24, 2.45) is 5.92 Å². The summed E-state index contributed by atoms with van der Waals surface area (Å²) in [6.45, 7) is 4.47. The van der Waals surface area contributed by atoms with Gasteiger partial charge in [0.25, 0.3) is 0 Å². The van der Waals surface area contributed by atoms with Gasteiger partial charge in [-0.15, -0.1) is 0 Å². The molecule has 6 aromatic rings. The van der Waals surface area contributed by atoms with E-state index in [-0.39, 0.29) is 47.7 Å². The van der Waals surface area contributed by atoms with Crippen LogP contribution < -0.4 is 10.0 Å². The molecule has 0 radical (unpaired) electrons. The molecular weight excluding hydrogens is 795 g/mol. The van der Waals surface area contributed by atoms with Crippen LogP contribution in [0.15, 0.2) is 139 Å². The number of nitrogens with zero attached hydrogens (tertiary/aromatic N) is 2. The minimum atomic E-state index is -3.98. The molecule has 5 atom stereocenters. The van der Waals surface area contributed by atoms with Gasteiger partial charge in [-0.25, -0.2) is 13.4 Å². The van der Waals surface area contributed by atoms with E-state index in [1.807, 2.05) is 110 Å². The molecule has 7 rings (SSSR count). The molecule has 1 aliphatic heterocycles. The van der Waals surface area contributed by atoms with Crippen LogP contribution in [0.4, 0.5) is 0 Å². The first kappa shape index (κ1) is 41.3. The second kappa shape index (κ2) is 18.4. The molecule has 0 bridgehead atoms. The monoisotopic (exact) mass is 838 g/mol. The predicted molar refractivity (Wildman–Crippen MR) is 224 cm³/mol. The smallest absolute Gasteiger partial charge is 0.241 e. The van der Waals surface area contributed by atoms with Crippen molar-refractivity contribution < 1.29 is 27.8 Å². The Morgan fingerprint density at radius 1 is 0.828 bits per heavy atom. The average Bonchev–Trinajstić information content (AvgIpc) is 3.56. The van der Waals surface area contributed by atoms with E-state index in [2.05, 4.69) is 21.9 Å². The third-order valence-electron chi connectivity index (χ3n) is 10.3. The number of sulfonamides is 1. The molecule has 0 spiro atoms. The van der Waals surface area contributed by atoms with Crippen LogP contribution in [0.3, 0.4) is 0 Å². The van der Waals surface area contributed by atoms with Gasteiger partial charge in [0.05, 0.1) is 36.6 Å². The number of rotatable bonds is 14. The van der Waals surface area contributed by atoms with Crippen molar-refractivity contribution in [3.8, 4) is 11.1 Å². The third kappa shape index (κ3) is 9.87. The first-order valence-electron chi connectivity index (χ1n) is 18.9. The lowest BCUT2D eigenvalue weighted by Gasteiger charge is -2.41. The largest absolute Gasteiger partial charge is 0.392 e.